The number of quaternary nitrogens is 1. The van der Waals surface area contributed by atoms with Gasteiger partial charge in [0, 0.05) is 17.3 Å². The fourth-order valence-electron chi connectivity index (χ4n) is 5.14. The zero-order valence-electron chi connectivity index (χ0n) is 26.4. The van der Waals surface area contributed by atoms with Crippen molar-refractivity contribution in [3.05, 3.63) is 76.3 Å². The Hall–Kier alpha value is -3.26. The highest BCUT2D eigenvalue weighted by Gasteiger charge is 2.26. The number of hydroxylamine groups is 1. The second-order valence-electron chi connectivity index (χ2n) is 12.2. The second kappa shape index (κ2) is 14.9. The van der Waals surface area contributed by atoms with Gasteiger partial charge in [-0.1, -0.05) is 82.5 Å². The highest BCUT2D eigenvalue weighted by atomic mass is 35.5. The number of ether oxygens (including phenoxy) is 1. The van der Waals surface area contributed by atoms with E-state index in [1.807, 2.05) is 24.3 Å². The minimum Gasteiger partial charge on any atom is -0.489 e. The standard InChI is InChI=1S/C34H41Cl2N6O2S/c1-22(2)8-6-7-16-38-32-28-19-24(11-14-30(28)39-33(40-32)41-42(5,43)45)23-9-12-26(13-10-23)34(3,4)27-18-25(21-37)31(29(36)20-27)44-17-15-35/h9-14,18-20,22,43,45H,6-8,15-17H2,1-5H3,(H2,38,39,40,41)/q+1. The van der Waals surface area contributed by atoms with E-state index >= 15 is 0 Å². The van der Waals surface area contributed by atoms with Crippen LogP contribution < -0.4 is 15.5 Å². The van der Waals surface area contributed by atoms with Gasteiger partial charge in [0.15, 0.2) is 5.75 Å². The maximum atomic E-state index is 10.1. The summed E-state index contributed by atoms with van der Waals surface area (Å²) in [6.07, 6.45) is 3.33. The maximum absolute atomic E-state index is 10.1. The summed E-state index contributed by atoms with van der Waals surface area (Å²) >= 11 is 16.4. The molecule has 0 aliphatic rings. The normalized spacial score (nSPS) is 13.0. The average Bonchev–Trinajstić information content (AvgIpc) is 2.98. The molecule has 0 spiro atoms. The molecule has 3 aromatic carbocycles. The molecule has 1 atom stereocenters. The van der Waals surface area contributed by atoms with Crippen LogP contribution in [0.4, 0.5) is 11.8 Å². The Bertz CT molecular complexity index is 1670. The summed E-state index contributed by atoms with van der Waals surface area (Å²) in [6, 6.07) is 20.3. The van der Waals surface area contributed by atoms with E-state index < -0.39 is 9.58 Å². The van der Waals surface area contributed by atoms with E-state index in [1.54, 1.807) is 0 Å². The van der Waals surface area contributed by atoms with E-state index in [-0.39, 0.29) is 12.6 Å². The molecule has 0 bridgehead atoms. The predicted molar refractivity (Wildman–Crippen MR) is 187 cm³/mol. The summed E-state index contributed by atoms with van der Waals surface area (Å²) in [7, 11) is 1.47. The van der Waals surface area contributed by atoms with Crippen molar-refractivity contribution in [3.8, 4) is 22.9 Å². The molecule has 0 aliphatic heterocycles. The first-order valence-electron chi connectivity index (χ1n) is 15.0. The molecule has 11 heteroatoms. The average molecular weight is 669 g/mol. The topological polar surface area (TPSA) is 103 Å². The minimum atomic E-state index is -0.796. The fraction of sp³-hybridized carbons (Fsp3) is 0.382. The van der Waals surface area contributed by atoms with Gasteiger partial charge in [0.05, 0.1) is 22.0 Å². The number of benzene rings is 3. The number of halogens is 2. The van der Waals surface area contributed by atoms with Crippen LogP contribution >= 0.6 is 36.0 Å². The first-order chi connectivity index (χ1) is 21.3. The van der Waals surface area contributed by atoms with Crippen molar-refractivity contribution in [1.29, 1.82) is 5.26 Å². The van der Waals surface area contributed by atoms with Crippen LogP contribution in [0.25, 0.3) is 22.0 Å². The second-order valence-corrected chi connectivity index (χ2v) is 13.7. The SMILES string of the molecule is CC(C)CCCCNc1nc(N[N+](C)(O)S)nc2ccc(-c3ccc(C(C)(C)c4cc(Cl)c(OCCCl)c(C#N)c4)cc3)cc12. The first-order valence-corrected chi connectivity index (χ1v) is 16.3. The third-order valence-electron chi connectivity index (χ3n) is 7.66. The van der Waals surface area contributed by atoms with Crippen LogP contribution in [0.15, 0.2) is 54.6 Å². The van der Waals surface area contributed by atoms with E-state index in [0.29, 0.717) is 34.0 Å². The van der Waals surface area contributed by atoms with Gasteiger partial charge in [0.2, 0.25) is 0 Å². The predicted octanol–water partition coefficient (Wildman–Crippen LogP) is 9.01. The number of alkyl halides is 1. The van der Waals surface area contributed by atoms with Crippen molar-refractivity contribution in [1.82, 2.24) is 9.97 Å². The van der Waals surface area contributed by atoms with Crippen LogP contribution in [-0.2, 0) is 5.41 Å². The number of hydrogen-bond donors (Lipinski definition) is 4. The van der Waals surface area contributed by atoms with Crippen LogP contribution in [0.5, 0.6) is 5.75 Å². The lowest BCUT2D eigenvalue weighted by molar-refractivity contribution is -0.955. The zero-order chi connectivity index (χ0) is 32.8. The molecule has 0 saturated heterocycles. The third-order valence-corrected chi connectivity index (χ3v) is 8.19. The number of fused-ring (bicyclic) bond motifs is 1. The Morgan fingerprint density at radius 2 is 1.76 bits per heavy atom. The number of unbranched alkanes of at least 4 members (excludes halogenated alkanes) is 1. The van der Waals surface area contributed by atoms with Crippen molar-refractivity contribution < 1.29 is 14.1 Å². The van der Waals surface area contributed by atoms with E-state index in [4.69, 9.17) is 27.9 Å². The summed E-state index contributed by atoms with van der Waals surface area (Å²) < 4.78 is 4.84. The molecule has 1 unspecified atom stereocenters. The number of nitrogens with one attached hydrogen (secondary N) is 2. The number of aromatic nitrogens is 2. The molecule has 1 heterocycles. The number of thiol groups is 1. The van der Waals surface area contributed by atoms with Crippen LogP contribution in [0.3, 0.4) is 0 Å². The van der Waals surface area contributed by atoms with Gasteiger partial charge in [-0.2, -0.15) is 20.9 Å². The van der Waals surface area contributed by atoms with Crippen LogP contribution in [0, 0.1) is 17.2 Å². The molecule has 238 valence electrons. The molecule has 3 N–H and O–H groups in total. The van der Waals surface area contributed by atoms with Crippen LogP contribution in [0.1, 0.15) is 63.6 Å². The zero-order valence-corrected chi connectivity index (χ0v) is 28.8. The smallest absolute Gasteiger partial charge is 0.275 e. The number of hydrogen-bond acceptors (Lipinski definition) is 8. The summed E-state index contributed by atoms with van der Waals surface area (Å²) in [4.78, 5) is 9.28. The number of rotatable bonds is 14. The Labute approximate surface area is 281 Å². The number of nitrogens with zero attached hydrogens (tertiary/aromatic N) is 4. The Morgan fingerprint density at radius 3 is 2.40 bits per heavy atom. The van der Waals surface area contributed by atoms with E-state index in [9.17, 15) is 10.5 Å². The first kappa shape index (κ1) is 34.6. The molecule has 1 aromatic heterocycles. The van der Waals surface area contributed by atoms with Crippen LogP contribution in [-0.4, -0.2) is 45.4 Å². The molecule has 4 aromatic rings. The van der Waals surface area contributed by atoms with Gasteiger partial charge in [-0.25, -0.2) is 4.98 Å². The fourth-order valence-corrected chi connectivity index (χ4v) is 5.58. The molecule has 0 fully saturated rings. The summed E-state index contributed by atoms with van der Waals surface area (Å²) in [6.45, 7) is 9.72. The summed E-state index contributed by atoms with van der Waals surface area (Å²) in [5.74, 6) is 2.29. The van der Waals surface area contributed by atoms with Crippen molar-refractivity contribution in [2.45, 2.75) is 52.4 Å². The quantitative estimate of drug-likeness (QED) is 0.0350. The van der Waals surface area contributed by atoms with E-state index in [1.165, 1.54) is 13.5 Å². The molecule has 0 amide bonds. The highest BCUT2D eigenvalue weighted by Crippen LogP contribution is 2.39. The Kier molecular flexibility index (Phi) is 11.5. The van der Waals surface area contributed by atoms with Gasteiger partial charge in [-0.3, -0.25) is 0 Å². The molecular formula is C34H41Cl2N6O2S+. The number of anilines is 2. The van der Waals surface area contributed by atoms with Crippen molar-refractivity contribution in [2.75, 3.05) is 36.8 Å². The molecule has 45 heavy (non-hydrogen) atoms. The van der Waals surface area contributed by atoms with E-state index in [0.717, 1.165) is 52.5 Å². The van der Waals surface area contributed by atoms with Crippen molar-refractivity contribution in [3.63, 3.8) is 0 Å². The number of nitriles is 1. The lowest BCUT2D eigenvalue weighted by Crippen LogP contribution is -2.36. The minimum absolute atomic E-state index is 0.268. The molecular weight excluding hydrogens is 627 g/mol. The highest BCUT2D eigenvalue weighted by molar-refractivity contribution is 7.74. The van der Waals surface area contributed by atoms with E-state index in [2.05, 4.69) is 97.6 Å². The molecule has 0 radical (unpaired) electrons. The summed E-state index contributed by atoms with van der Waals surface area (Å²) in [5.41, 5.74) is 7.51. The van der Waals surface area contributed by atoms with Gasteiger partial charge in [0.1, 0.15) is 38.4 Å². The van der Waals surface area contributed by atoms with Gasteiger partial charge in [0.25, 0.3) is 5.95 Å². The lowest BCUT2D eigenvalue weighted by atomic mass is 9.77. The molecule has 0 saturated carbocycles. The molecule has 0 aliphatic carbocycles. The third kappa shape index (κ3) is 8.93. The lowest BCUT2D eigenvalue weighted by Gasteiger charge is -2.27. The molecule has 4 rings (SSSR count). The Balaban J connectivity index is 1.64. The molecule has 8 nitrogen and oxygen atoms in total. The van der Waals surface area contributed by atoms with Gasteiger partial charge < -0.3 is 10.1 Å². The van der Waals surface area contributed by atoms with Gasteiger partial charge in [-0.05, 0) is 63.0 Å². The van der Waals surface area contributed by atoms with Gasteiger partial charge in [-0.15, -0.1) is 11.6 Å². The largest absolute Gasteiger partial charge is 0.489 e. The van der Waals surface area contributed by atoms with Gasteiger partial charge >= 0.3 is 0 Å². The summed E-state index contributed by atoms with van der Waals surface area (Å²) in [5, 5.41) is 24.6. The monoisotopic (exact) mass is 667 g/mol. The Morgan fingerprint density at radius 1 is 1.04 bits per heavy atom. The maximum Gasteiger partial charge on any atom is 0.275 e. The van der Waals surface area contributed by atoms with Crippen LogP contribution in [0.2, 0.25) is 5.02 Å². The van der Waals surface area contributed by atoms with Crippen molar-refractivity contribution in [2.24, 2.45) is 5.92 Å². The van der Waals surface area contributed by atoms with Crippen molar-refractivity contribution >= 4 is 58.7 Å².